The molecule has 0 aromatic heterocycles. The van der Waals surface area contributed by atoms with Crippen molar-refractivity contribution in [3.63, 3.8) is 0 Å². The minimum absolute atomic E-state index is 0.315. The molecule has 0 radical (unpaired) electrons. The van der Waals surface area contributed by atoms with Gasteiger partial charge in [-0.25, -0.2) is 0 Å². The standard InChI is InChI=1S/C11H12BrNO3/c1-15-9-3-2-7(12)4-8(9)11(10(13)14)5-16-6-11/h2-4H,5-6H2,1H3,(H2,13,14). The first-order valence-electron chi connectivity index (χ1n) is 4.82. The minimum Gasteiger partial charge on any atom is -0.496 e. The zero-order chi connectivity index (χ0) is 11.8. The van der Waals surface area contributed by atoms with Crippen molar-refractivity contribution < 1.29 is 14.3 Å². The zero-order valence-corrected chi connectivity index (χ0v) is 10.4. The molecule has 1 fully saturated rings. The van der Waals surface area contributed by atoms with Gasteiger partial charge in [-0.2, -0.15) is 0 Å². The quantitative estimate of drug-likeness (QED) is 0.908. The molecule has 0 spiro atoms. The van der Waals surface area contributed by atoms with Crippen LogP contribution in [0.5, 0.6) is 5.75 Å². The van der Waals surface area contributed by atoms with Crippen LogP contribution in [0.3, 0.4) is 0 Å². The number of hydrogen-bond donors (Lipinski definition) is 1. The van der Waals surface area contributed by atoms with Crippen LogP contribution in [0.4, 0.5) is 0 Å². The SMILES string of the molecule is COc1ccc(Br)cc1C1(C(N)=O)COC1. The third kappa shape index (κ3) is 1.60. The second-order valence-corrected chi connectivity index (χ2v) is 4.70. The van der Waals surface area contributed by atoms with Crippen LogP contribution in [0.1, 0.15) is 5.56 Å². The van der Waals surface area contributed by atoms with E-state index in [1.165, 1.54) is 0 Å². The van der Waals surface area contributed by atoms with Crippen LogP contribution in [-0.2, 0) is 14.9 Å². The number of benzene rings is 1. The highest BCUT2D eigenvalue weighted by Gasteiger charge is 2.48. The number of halogens is 1. The lowest BCUT2D eigenvalue weighted by atomic mass is 9.77. The van der Waals surface area contributed by atoms with Gasteiger partial charge in [-0.1, -0.05) is 15.9 Å². The van der Waals surface area contributed by atoms with Gasteiger partial charge in [0.25, 0.3) is 0 Å². The Kier molecular flexibility index (Phi) is 2.90. The van der Waals surface area contributed by atoms with Gasteiger partial charge in [-0.05, 0) is 18.2 Å². The zero-order valence-electron chi connectivity index (χ0n) is 8.83. The fourth-order valence-electron chi connectivity index (χ4n) is 1.79. The second-order valence-electron chi connectivity index (χ2n) is 3.78. The molecule has 0 aliphatic carbocycles. The first-order chi connectivity index (χ1) is 7.60. The summed E-state index contributed by atoms with van der Waals surface area (Å²) in [5, 5.41) is 0. The molecule has 86 valence electrons. The molecule has 0 atom stereocenters. The van der Waals surface area contributed by atoms with Crippen LogP contribution in [0, 0.1) is 0 Å². The normalized spacial score (nSPS) is 17.6. The first kappa shape index (κ1) is 11.4. The predicted molar refractivity (Wildman–Crippen MR) is 62.4 cm³/mol. The summed E-state index contributed by atoms with van der Waals surface area (Å²) in [6.45, 7) is 0.629. The molecule has 1 saturated heterocycles. The molecule has 1 aliphatic rings. The van der Waals surface area contributed by atoms with Crippen LogP contribution >= 0.6 is 15.9 Å². The number of ether oxygens (including phenoxy) is 2. The Balaban J connectivity index is 2.52. The van der Waals surface area contributed by atoms with Crippen LogP contribution in [0.2, 0.25) is 0 Å². The number of rotatable bonds is 3. The topological polar surface area (TPSA) is 61.5 Å². The fraction of sp³-hybridized carbons (Fsp3) is 0.364. The van der Waals surface area contributed by atoms with Crippen LogP contribution in [-0.4, -0.2) is 26.2 Å². The van der Waals surface area contributed by atoms with Gasteiger partial charge < -0.3 is 15.2 Å². The van der Waals surface area contributed by atoms with E-state index in [2.05, 4.69) is 15.9 Å². The van der Waals surface area contributed by atoms with E-state index in [9.17, 15) is 4.79 Å². The molecule has 0 unspecified atom stereocenters. The van der Waals surface area contributed by atoms with E-state index in [-0.39, 0.29) is 5.91 Å². The molecule has 0 bridgehead atoms. The van der Waals surface area contributed by atoms with Gasteiger partial charge in [0.05, 0.1) is 20.3 Å². The van der Waals surface area contributed by atoms with Gasteiger partial charge in [-0.3, -0.25) is 4.79 Å². The Hall–Kier alpha value is -1.07. The maximum Gasteiger partial charge on any atom is 0.232 e. The molecule has 1 aromatic rings. The summed E-state index contributed by atoms with van der Waals surface area (Å²) in [4.78, 5) is 11.6. The second kappa shape index (κ2) is 4.07. The average molecular weight is 286 g/mol. The molecule has 1 amide bonds. The minimum atomic E-state index is -0.741. The number of primary amides is 1. The van der Waals surface area contributed by atoms with Crippen molar-refractivity contribution in [2.24, 2.45) is 5.73 Å². The van der Waals surface area contributed by atoms with Crippen LogP contribution < -0.4 is 10.5 Å². The summed E-state index contributed by atoms with van der Waals surface area (Å²) in [5.74, 6) is 0.278. The van der Waals surface area contributed by atoms with Gasteiger partial charge in [0.1, 0.15) is 11.2 Å². The Morgan fingerprint density at radius 3 is 2.69 bits per heavy atom. The van der Waals surface area contributed by atoms with E-state index < -0.39 is 5.41 Å². The molecule has 2 rings (SSSR count). The van der Waals surface area contributed by atoms with Gasteiger partial charge in [0.2, 0.25) is 5.91 Å². The van der Waals surface area contributed by atoms with Crippen LogP contribution in [0.15, 0.2) is 22.7 Å². The van der Waals surface area contributed by atoms with Gasteiger partial charge in [0, 0.05) is 10.0 Å². The van der Waals surface area contributed by atoms with Crippen molar-refractivity contribution in [2.75, 3.05) is 20.3 Å². The highest BCUT2D eigenvalue weighted by Crippen LogP contribution is 2.39. The number of carbonyl (C=O) groups is 1. The Morgan fingerprint density at radius 1 is 1.56 bits per heavy atom. The predicted octanol–water partition coefficient (Wildman–Crippen LogP) is 1.21. The number of nitrogens with two attached hydrogens (primary N) is 1. The van der Waals surface area contributed by atoms with Crippen molar-refractivity contribution in [3.05, 3.63) is 28.2 Å². The van der Waals surface area contributed by atoms with Crippen molar-refractivity contribution in [1.82, 2.24) is 0 Å². The third-order valence-corrected chi connectivity index (χ3v) is 3.34. The summed E-state index contributed by atoms with van der Waals surface area (Å²) in [7, 11) is 1.57. The fourth-order valence-corrected chi connectivity index (χ4v) is 2.15. The largest absolute Gasteiger partial charge is 0.496 e. The summed E-state index contributed by atoms with van der Waals surface area (Å²) < 4.78 is 11.3. The Bertz CT molecular complexity index is 429. The molecular formula is C11H12BrNO3. The number of carbonyl (C=O) groups excluding carboxylic acids is 1. The number of methoxy groups -OCH3 is 1. The van der Waals surface area contributed by atoms with E-state index in [1.807, 2.05) is 18.2 Å². The van der Waals surface area contributed by atoms with E-state index in [0.717, 1.165) is 10.0 Å². The molecule has 5 heteroatoms. The molecule has 1 heterocycles. The maximum absolute atomic E-state index is 11.6. The Labute approximate surface area is 102 Å². The molecule has 1 aromatic carbocycles. The first-order valence-corrected chi connectivity index (χ1v) is 5.61. The number of hydrogen-bond acceptors (Lipinski definition) is 3. The number of amides is 1. The average Bonchev–Trinajstić information content (AvgIpc) is 2.15. The summed E-state index contributed by atoms with van der Waals surface area (Å²) >= 11 is 3.37. The van der Waals surface area contributed by atoms with E-state index in [4.69, 9.17) is 15.2 Å². The summed E-state index contributed by atoms with van der Waals surface area (Å²) in [5.41, 5.74) is 5.49. The third-order valence-electron chi connectivity index (χ3n) is 2.85. The van der Waals surface area contributed by atoms with Gasteiger partial charge in [-0.15, -0.1) is 0 Å². The molecule has 1 aliphatic heterocycles. The van der Waals surface area contributed by atoms with Crippen LogP contribution in [0.25, 0.3) is 0 Å². The molecule has 2 N–H and O–H groups in total. The van der Waals surface area contributed by atoms with E-state index >= 15 is 0 Å². The van der Waals surface area contributed by atoms with E-state index in [0.29, 0.717) is 19.0 Å². The molecule has 16 heavy (non-hydrogen) atoms. The van der Waals surface area contributed by atoms with Gasteiger partial charge in [0.15, 0.2) is 0 Å². The van der Waals surface area contributed by atoms with Crippen molar-refractivity contribution in [2.45, 2.75) is 5.41 Å². The molecular weight excluding hydrogens is 274 g/mol. The van der Waals surface area contributed by atoms with Gasteiger partial charge >= 0.3 is 0 Å². The highest BCUT2D eigenvalue weighted by atomic mass is 79.9. The highest BCUT2D eigenvalue weighted by molar-refractivity contribution is 9.10. The smallest absolute Gasteiger partial charge is 0.232 e. The summed E-state index contributed by atoms with van der Waals surface area (Å²) in [6.07, 6.45) is 0. The van der Waals surface area contributed by atoms with Crippen molar-refractivity contribution in [3.8, 4) is 5.75 Å². The lowest BCUT2D eigenvalue weighted by Gasteiger charge is -2.39. The monoisotopic (exact) mass is 285 g/mol. The molecule has 0 saturated carbocycles. The van der Waals surface area contributed by atoms with Crippen molar-refractivity contribution >= 4 is 21.8 Å². The maximum atomic E-state index is 11.6. The Morgan fingerprint density at radius 2 is 2.25 bits per heavy atom. The van der Waals surface area contributed by atoms with E-state index in [1.54, 1.807) is 7.11 Å². The lowest BCUT2D eigenvalue weighted by Crippen LogP contribution is -2.56. The summed E-state index contributed by atoms with van der Waals surface area (Å²) in [6, 6.07) is 5.52. The molecule has 4 nitrogen and oxygen atoms in total. The van der Waals surface area contributed by atoms with Crippen molar-refractivity contribution in [1.29, 1.82) is 0 Å². The lowest BCUT2D eigenvalue weighted by molar-refractivity contribution is -0.141.